The largest absolute Gasteiger partial charge is 0.327 e. The van der Waals surface area contributed by atoms with Gasteiger partial charge in [-0.3, -0.25) is 9.78 Å². The van der Waals surface area contributed by atoms with Gasteiger partial charge in [0.15, 0.2) is 0 Å². The molecule has 0 fully saturated rings. The first-order valence-electron chi connectivity index (χ1n) is 13.5. The third kappa shape index (κ3) is 7.00. The lowest BCUT2D eigenvalue weighted by Gasteiger charge is -2.10. The third-order valence-corrected chi connectivity index (χ3v) is 6.86. The van der Waals surface area contributed by atoms with Crippen LogP contribution in [0.3, 0.4) is 0 Å². The highest BCUT2D eigenvalue weighted by Crippen LogP contribution is 2.26. The topological polar surface area (TPSA) is 47.8 Å². The molecule has 4 aromatic rings. The van der Waals surface area contributed by atoms with E-state index in [1.165, 1.54) is 61.7 Å². The Morgan fingerprint density at radius 3 is 2.26 bits per heavy atom. The number of hydrogen-bond acceptors (Lipinski definition) is 3. The second kappa shape index (κ2) is 13.2. The SMILES string of the molecule is CCCc1nc2cnc3ccccc3c2n1CCCCCCCCCCC(=O)Cc1ccccc1. The summed E-state index contributed by atoms with van der Waals surface area (Å²) in [7, 11) is 0. The molecule has 0 atom stereocenters. The minimum Gasteiger partial charge on any atom is -0.327 e. The molecule has 184 valence electrons. The zero-order valence-electron chi connectivity index (χ0n) is 21.2. The summed E-state index contributed by atoms with van der Waals surface area (Å²) < 4.78 is 2.45. The highest BCUT2D eigenvalue weighted by molar-refractivity contribution is 6.02. The van der Waals surface area contributed by atoms with Gasteiger partial charge in [0.1, 0.15) is 17.1 Å². The molecule has 4 nitrogen and oxygen atoms in total. The molecule has 0 unspecified atom stereocenters. The second-order valence-electron chi connectivity index (χ2n) is 9.72. The highest BCUT2D eigenvalue weighted by Gasteiger charge is 2.13. The predicted octanol–water partition coefficient (Wildman–Crippen LogP) is 7.86. The zero-order valence-corrected chi connectivity index (χ0v) is 21.2. The van der Waals surface area contributed by atoms with E-state index >= 15 is 0 Å². The van der Waals surface area contributed by atoms with E-state index in [-0.39, 0.29) is 0 Å². The maximum Gasteiger partial charge on any atom is 0.137 e. The monoisotopic (exact) mass is 469 g/mol. The number of nitrogens with zero attached hydrogens (tertiary/aromatic N) is 3. The van der Waals surface area contributed by atoms with Crippen molar-refractivity contribution in [2.45, 2.75) is 90.5 Å². The lowest BCUT2D eigenvalue weighted by Crippen LogP contribution is -2.04. The molecule has 0 aliphatic carbocycles. The molecule has 0 N–H and O–H groups in total. The number of aromatic nitrogens is 3. The van der Waals surface area contributed by atoms with Gasteiger partial charge < -0.3 is 4.57 Å². The van der Waals surface area contributed by atoms with E-state index < -0.39 is 0 Å². The van der Waals surface area contributed by atoms with Crippen LogP contribution in [0.2, 0.25) is 0 Å². The summed E-state index contributed by atoms with van der Waals surface area (Å²) in [6.07, 6.45) is 15.1. The molecule has 0 saturated carbocycles. The Morgan fingerprint density at radius 2 is 1.49 bits per heavy atom. The Labute approximate surface area is 209 Å². The number of Topliss-reactive ketones (excluding diaryl/α,β-unsaturated/α-hetero) is 1. The van der Waals surface area contributed by atoms with E-state index in [0.29, 0.717) is 12.2 Å². The quantitative estimate of drug-likeness (QED) is 0.166. The van der Waals surface area contributed by atoms with Crippen molar-refractivity contribution in [3.8, 4) is 0 Å². The minimum atomic E-state index is 0.370. The van der Waals surface area contributed by atoms with E-state index in [0.717, 1.165) is 48.8 Å². The Morgan fingerprint density at radius 1 is 0.800 bits per heavy atom. The minimum absolute atomic E-state index is 0.370. The molecule has 4 heteroatoms. The van der Waals surface area contributed by atoms with Crippen LogP contribution < -0.4 is 0 Å². The first-order chi connectivity index (χ1) is 17.3. The molecule has 0 amide bonds. The number of hydrogen-bond donors (Lipinski definition) is 0. The maximum atomic E-state index is 12.1. The Hall–Kier alpha value is -3.01. The first-order valence-corrected chi connectivity index (χ1v) is 13.5. The molecule has 2 aromatic heterocycles. The van der Waals surface area contributed by atoms with E-state index in [1.54, 1.807) is 0 Å². The molecular formula is C31H39N3O. The van der Waals surface area contributed by atoms with Crippen molar-refractivity contribution in [3.05, 3.63) is 72.2 Å². The summed E-state index contributed by atoms with van der Waals surface area (Å²) in [5, 5.41) is 1.21. The average Bonchev–Trinajstić information content (AvgIpc) is 3.23. The number of rotatable bonds is 15. The van der Waals surface area contributed by atoms with Crippen molar-refractivity contribution in [2.75, 3.05) is 0 Å². The molecular weight excluding hydrogens is 430 g/mol. The van der Waals surface area contributed by atoms with Gasteiger partial charge in [0.2, 0.25) is 0 Å². The number of benzene rings is 2. The number of imidazole rings is 1. The number of carbonyl (C=O) groups is 1. The molecule has 0 spiro atoms. The fourth-order valence-corrected chi connectivity index (χ4v) is 5.03. The molecule has 4 rings (SSSR count). The van der Waals surface area contributed by atoms with Crippen LogP contribution in [-0.2, 0) is 24.2 Å². The summed E-state index contributed by atoms with van der Waals surface area (Å²) in [5.41, 5.74) is 4.45. The first kappa shape index (κ1) is 25.1. The van der Waals surface area contributed by atoms with Crippen LogP contribution >= 0.6 is 0 Å². The second-order valence-corrected chi connectivity index (χ2v) is 9.72. The predicted molar refractivity (Wildman–Crippen MR) is 146 cm³/mol. The van der Waals surface area contributed by atoms with Gasteiger partial charge in [-0.15, -0.1) is 0 Å². The van der Waals surface area contributed by atoms with E-state index in [9.17, 15) is 4.79 Å². The smallest absolute Gasteiger partial charge is 0.137 e. The molecule has 2 aromatic carbocycles. The fourth-order valence-electron chi connectivity index (χ4n) is 5.03. The van der Waals surface area contributed by atoms with Gasteiger partial charge in [0.25, 0.3) is 0 Å². The highest BCUT2D eigenvalue weighted by atomic mass is 16.1. The summed E-state index contributed by atoms with van der Waals surface area (Å²) in [5.74, 6) is 1.57. The van der Waals surface area contributed by atoms with Crippen molar-refractivity contribution in [3.63, 3.8) is 0 Å². The molecule has 0 aliphatic rings. The van der Waals surface area contributed by atoms with Crippen molar-refractivity contribution in [2.24, 2.45) is 0 Å². The van der Waals surface area contributed by atoms with Crippen LogP contribution in [0, 0.1) is 0 Å². The van der Waals surface area contributed by atoms with Crippen molar-refractivity contribution < 1.29 is 4.79 Å². The number of aryl methyl sites for hydroxylation is 2. The van der Waals surface area contributed by atoms with Gasteiger partial charge in [-0.25, -0.2) is 4.98 Å². The van der Waals surface area contributed by atoms with Crippen molar-refractivity contribution >= 4 is 27.7 Å². The summed E-state index contributed by atoms with van der Waals surface area (Å²) >= 11 is 0. The van der Waals surface area contributed by atoms with E-state index in [4.69, 9.17) is 4.98 Å². The third-order valence-electron chi connectivity index (χ3n) is 6.86. The van der Waals surface area contributed by atoms with Gasteiger partial charge in [-0.05, 0) is 30.9 Å². The van der Waals surface area contributed by atoms with Gasteiger partial charge in [-0.2, -0.15) is 0 Å². The number of carbonyl (C=O) groups excluding carboxylic acids is 1. The van der Waals surface area contributed by atoms with Crippen LogP contribution in [0.1, 0.15) is 82.5 Å². The molecule has 2 heterocycles. The number of pyridine rings is 1. The van der Waals surface area contributed by atoms with E-state index in [2.05, 4.69) is 40.7 Å². The molecule has 0 aliphatic heterocycles. The van der Waals surface area contributed by atoms with E-state index in [1.807, 2.05) is 36.5 Å². The van der Waals surface area contributed by atoms with Gasteiger partial charge in [0, 0.05) is 31.2 Å². The summed E-state index contributed by atoms with van der Waals surface area (Å²) in [6, 6.07) is 18.5. The van der Waals surface area contributed by atoms with Gasteiger partial charge >= 0.3 is 0 Å². The lowest BCUT2D eigenvalue weighted by molar-refractivity contribution is -0.118. The number of para-hydroxylation sites is 1. The van der Waals surface area contributed by atoms with Crippen LogP contribution in [0.5, 0.6) is 0 Å². The normalized spacial score (nSPS) is 11.5. The van der Waals surface area contributed by atoms with Gasteiger partial charge in [0.05, 0.1) is 17.2 Å². The Balaban J connectivity index is 1.15. The van der Waals surface area contributed by atoms with Crippen LogP contribution in [0.15, 0.2) is 60.8 Å². The lowest BCUT2D eigenvalue weighted by atomic mass is 10.0. The molecule has 0 bridgehead atoms. The van der Waals surface area contributed by atoms with Crippen molar-refractivity contribution in [1.82, 2.24) is 14.5 Å². The van der Waals surface area contributed by atoms with Gasteiger partial charge in [-0.1, -0.05) is 94.0 Å². The van der Waals surface area contributed by atoms with Crippen molar-refractivity contribution in [1.29, 1.82) is 0 Å². The molecule has 0 radical (unpaired) electrons. The Bertz CT molecular complexity index is 1210. The standard InChI is InChI=1S/C31H39N3O/c1-2-16-30-33-29-24-32-28-21-14-13-20-27(28)31(29)34(30)22-15-8-6-4-3-5-7-12-19-26(35)23-25-17-10-9-11-18-25/h9-11,13-14,17-18,20-21,24H,2-8,12,15-16,19,22-23H2,1H3. The zero-order chi connectivity index (χ0) is 24.3. The van der Waals surface area contributed by atoms with Crippen LogP contribution in [-0.4, -0.2) is 20.3 Å². The van der Waals surface area contributed by atoms with Crippen LogP contribution in [0.4, 0.5) is 0 Å². The number of unbranched alkanes of at least 4 members (excludes halogenated alkanes) is 7. The van der Waals surface area contributed by atoms with Crippen LogP contribution in [0.25, 0.3) is 21.9 Å². The average molecular weight is 470 g/mol. The number of ketones is 1. The molecule has 35 heavy (non-hydrogen) atoms. The summed E-state index contributed by atoms with van der Waals surface area (Å²) in [4.78, 5) is 21.7. The summed E-state index contributed by atoms with van der Waals surface area (Å²) in [6.45, 7) is 3.25. The molecule has 0 saturated heterocycles. The maximum absolute atomic E-state index is 12.1. The fraction of sp³-hybridized carbons (Fsp3) is 0.452. The Kier molecular flexibility index (Phi) is 9.45. The number of fused-ring (bicyclic) bond motifs is 3.